The molecule has 0 radical (unpaired) electrons. The van der Waals surface area contributed by atoms with Crippen LogP contribution in [0.2, 0.25) is 5.02 Å². The van der Waals surface area contributed by atoms with Gasteiger partial charge in [-0.15, -0.1) is 0 Å². The van der Waals surface area contributed by atoms with Crippen LogP contribution in [0.4, 0.5) is 0 Å². The number of para-hydroxylation sites is 1. The normalized spacial score (nSPS) is 11.0. The first-order valence-corrected chi connectivity index (χ1v) is 7.52. The van der Waals surface area contributed by atoms with E-state index in [1.165, 1.54) is 0 Å². The van der Waals surface area contributed by atoms with Crippen LogP contribution in [0.25, 0.3) is 33.4 Å². The average Bonchev–Trinajstić information content (AvgIpc) is 3.00. The minimum absolute atomic E-state index is 0.752. The fourth-order valence-corrected chi connectivity index (χ4v) is 2.72. The molecule has 4 rings (SSSR count). The largest absolute Gasteiger partial charge is 0.456 e. The van der Waals surface area contributed by atoms with Crippen molar-refractivity contribution in [2.75, 3.05) is 0 Å². The van der Waals surface area contributed by atoms with Gasteiger partial charge in [0, 0.05) is 16.0 Å². The number of furan rings is 1. The van der Waals surface area contributed by atoms with Gasteiger partial charge in [-0.25, -0.2) is 0 Å². The van der Waals surface area contributed by atoms with Crippen LogP contribution in [0.1, 0.15) is 0 Å². The van der Waals surface area contributed by atoms with E-state index in [0.717, 1.165) is 38.4 Å². The van der Waals surface area contributed by atoms with E-state index < -0.39 is 0 Å². The van der Waals surface area contributed by atoms with Crippen LogP contribution in [0.3, 0.4) is 0 Å². The number of fused-ring (bicyclic) bond motifs is 1. The van der Waals surface area contributed by atoms with E-state index in [0.29, 0.717) is 0 Å². The molecule has 0 aliphatic rings. The summed E-state index contributed by atoms with van der Waals surface area (Å²) < 4.78 is 5.90. The molecule has 0 fully saturated rings. The standard InChI is InChI=1S/C20H13ClO/c21-18-11-9-15(10-12-18)14-5-7-16(8-6-14)20-13-17-3-1-2-4-19(17)22-20/h1-13H. The Morgan fingerprint density at radius 1 is 0.636 bits per heavy atom. The highest BCUT2D eigenvalue weighted by Crippen LogP contribution is 2.29. The van der Waals surface area contributed by atoms with Gasteiger partial charge in [0.2, 0.25) is 0 Å². The topological polar surface area (TPSA) is 13.1 Å². The zero-order chi connectivity index (χ0) is 14.9. The Morgan fingerprint density at radius 3 is 1.91 bits per heavy atom. The Balaban J connectivity index is 1.70. The van der Waals surface area contributed by atoms with Gasteiger partial charge in [-0.2, -0.15) is 0 Å². The fraction of sp³-hybridized carbons (Fsp3) is 0. The minimum Gasteiger partial charge on any atom is -0.456 e. The molecule has 0 saturated carbocycles. The van der Waals surface area contributed by atoms with Gasteiger partial charge >= 0.3 is 0 Å². The summed E-state index contributed by atoms with van der Waals surface area (Å²) in [6.07, 6.45) is 0. The predicted molar refractivity (Wildman–Crippen MR) is 92.1 cm³/mol. The maximum atomic E-state index is 5.93. The van der Waals surface area contributed by atoms with Crippen LogP contribution < -0.4 is 0 Å². The summed E-state index contributed by atoms with van der Waals surface area (Å²) in [5.41, 5.74) is 4.31. The molecule has 0 aliphatic carbocycles. The first-order valence-electron chi connectivity index (χ1n) is 7.14. The molecule has 0 bridgehead atoms. The summed E-state index contributed by atoms with van der Waals surface area (Å²) in [6.45, 7) is 0. The van der Waals surface area contributed by atoms with E-state index in [4.69, 9.17) is 16.0 Å². The number of halogens is 1. The Hall–Kier alpha value is -2.51. The van der Waals surface area contributed by atoms with Crippen molar-refractivity contribution >= 4 is 22.6 Å². The lowest BCUT2D eigenvalue weighted by Crippen LogP contribution is -1.78. The van der Waals surface area contributed by atoms with Gasteiger partial charge in [-0.05, 0) is 35.4 Å². The Labute approximate surface area is 133 Å². The molecule has 0 saturated heterocycles. The van der Waals surface area contributed by atoms with Crippen LogP contribution in [0, 0.1) is 0 Å². The van der Waals surface area contributed by atoms with Crippen molar-refractivity contribution in [2.24, 2.45) is 0 Å². The highest BCUT2D eigenvalue weighted by molar-refractivity contribution is 6.30. The first-order chi connectivity index (χ1) is 10.8. The van der Waals surface area contributed by atoms with E-state index in [1.54, 1.807) is 0 Å². The molecule has 2 heteroatoms. The lowest BCUT2D eigenvalue weighted by atomic mass is 10.0. The van der Waals surface area contributed by atoms with Crippen LogP contribution in [0.5, 0.6) is 0 Å². The molecule has 1 heterocycles. The zero-order valence-corrected chi connectivity index (χ0v) is 12.5. The third kappa shape index (κ3) is 2.40. The van der Waals surface area contributed by atoms with Gasteiger partial charge in [0.25, 0.3) is 0 Å². The van der Waals surface area contributed by atoms with Crippen LogP contribution in [-0.2, 0) is 0 Å². The predicted octanol–water partition coefficient (Wildman–Crippen LogP) is 6.42. The second kappa shape index (κ2) is 5.36. The van der Waals surface area contributed by atoms with E-state index in [1.807, 2.05) is 42.5 Å². The van der Waals surface area contributed by atoms with Crippen molar-refractivity contribution in [2.45, 2.75) is 0 Å². The van der Waals surface area contributed by atoms with Gasteiger partial charge in [-0.3, -0.25) is 0 Å². The van der Waals surface area contributed by atoms with Crippen molar-refractivity contribution in [1.29, 1.82) is 0 Å². The molecule has 0 spiro atoms. The minimum atomic E-state index is 0.752. The molecular formula is C20H13ClO. The summed E-state index contributed by atoms with van der Waals surface area (Å²) >= 11 is 5.93. The van der Waals surface area contributed by atoms with E-state index >= 15 is 0 Å². The maximum absolute atomic E-state index is 5.93. The monoisotopic (exact) mass is 304 g/mol. The molecule has 106 valence electrons. The average molecular weight is 305 g/mol. The second-order valence-corrected chi connectivity index (χ2v) is 5.67. The molecule has 0 atom stereocenters. The summed E-state index contributed by atoms with van der Waals surface area (Å²) in [5, 5.41) is 1.88. The van der Waals surface area contributed by atoms with E-state index in [2.05, 4.69) is 36.4 Å². The molecule has 1 nitrogen and oxygen atoms in total. The Kier molecular flexibility index (Phi) is 3.21. The molecule has 0 amide bonds. The van der Waals surface area contributed by atoms with Gasteiger partial charge < -0.3 is 4.42 Å². The van der Waals surface area contributed by atoms with Crippen molar-refractivity contribution < 1.29 is 4.42 Å². The molecule has 4 aromatic rings. The molecule has 0 N–H and O–H groups in total. The third-order valence-electron chi connectivity index (χ3n) is 3.77. The van der Waals surface area contributed by atoms with Gasteiger partial charge in [0.05, 0.1) is 0 Å². The third-order valence-corrected chi connectivity index (χ3v) is 4.02. The lowest BCUT2D eigenvalue weighted by molar-refractivity contribution is 0.631. The number of hydrogen-bond donors (Lipinski definition) is 0. The molecule has 0 unspecified atom stereocenters. The van der Waals surface area contributed by atoms with Crippen molar-refractivity contribution in [3.63, 3.8) is 0 Å². The smallest absolute Gasteiger partial charge is 0.135 e. The van der Waals surface area contributed by atoms with Crippen molar-refractivity contribution in [1.82, 2.24) is 0 Å². The van der Waals surface area contributed by atoms with Crippen LogP contribution >= 0.6 is 11.6 Å². The first kappa shape index (κ1) is 13.2. The van der Waals surface area contributed by atoms with Gasteiger partial charge in [0.1, 0.15) is 11.3 Å². The van der Waals surface area contributed by atoms with E-state index in [9.17, 15) is 0 Å². The van der Waals surface area contributed by atoms with Crippen molar-refractivity contribution in [3.05, 3.63) is 83.9 Å². The Morgan fingerprint density at radius 2 is 1.23 bits per heavy atom. The number of rotatable bonds is 2. The quantitative estimate of drug-likeness (QED) is 0.416. The molecule has 1 aromatic heterocycles. The SMILES string of the molecule is Clc1ccc(-c2ccc(-c3cc4ccccc4o3)cc2)cc1. The molecular weight excluding hydrogens is 292 g/mol. The summed E-state index contributed by atoms with van der Waals surface area (Å²) in [7, 11) is 0. The van der Waals surface area contributed by atoms with E-state index in [-0.39, 0.29) is 0 Å². The lowest BCUT2D eigenvalue weighted by Gasteiger charge is -2.03. The van der Waals surface area contributed by atoms with Crippen LogP contribution in [0.15, 0.2) is 83.3 Å². The highest BCUT2D eigenvalue weighted by Gasteiger charge is 2.06. The summed E-state index contributed by atoms with van der Waals surface area (Å²) in [4.78, 5) is 0. The number of hydrogen-bond acceptors (Lipinski definition) is 1. The zero-order valence-electron chi connectivity index (χ0n) is 11.8. The summed E-state index contributed by atoms with van der Waals surface area (Å²) in [6, 6.07) is 26.4. The van der Waals surface area contributed by atoms with Gasteiger partial charge in [-0.1, -0.05) is 66.2 Å². The van der Waals surface area contributed by atoms with Gasteiger partial charge in [0.15, 0.2) is 0 Å². The van der Waals surface area contributed by atoms with Crippen molar-refractivity contribution in [3.8, 4) is 22.5 Å². The maximum Gasteiger partial charge on any atom is 0.135 e. The second-order valence-electron chi connectivity index (χ2n) is 5.23. The van der Waals surface area contributed by atoms with Crippen LogP contribution in [-0.4, -0.2) is 0 Å². The molecule has 0 aliphatic heterocycles. The molecule has 22 heavy (non-hydrogen) atoms. The fourth-order valence-electron chi connectivity index (χ4n) is 2.59. The Bertz CT molecular complexity index is 885. The highest BCUT2D eigenvalue weighted by atomic mass is 35.5. The number of benzene rings is 3. The molecule has 3 aromatic carbocycles. The summed E-state index contributed by atoms with van der Waals surface area (Å²) in [5.74, 6) is 0.892.